The van der Waals surface area contributed by atoms with Crippen LogP contribution in [0.4, 0.5) is 0 Å². The van der Waals surface area contributed by atoms with Crippen LogP contribution in [-0.2, 0) is 13.2 Å². The number of para-hydroxylation sites is 1. The Kier molecular flexibility index (Phi) is 5.83. The Balaban J connectivity index is 1.36. The molecule has 0 aliphatic carbocycles. The maximum atomic E-state index is 9.80. The second-order valence-corrected chi connectivity index (χ2v) is 8.01. The number of nitrogens with zero attached hydrogens (tertiary/aromatic N) is 4. The maximum absolute atomic E-state index is 9.80. The van der Waals surface area contributed by atoms with Crippen LogP contribution in [-0.4, -0.2) is 31.0 Å². The molecule has 0 aliphatic rings. The molecule has 2 aromatic carbocycles. The maximum Gasteiger partial charge on any atom is 0.130 e. The highest BCUT2D eigenvalue weighted by atomic mass is 16.5. The van der Waals surface area contributed by atoms with Crippen molar-refractivity contribution in [2.75, 3.05) is 0 Å². The first-order valence-electron chi connectivity index (χ1n) is 10.9. The molecule has 0 saturated carbocycles. The first-order valence-corrected chi connectivity index (χ1v) is 10.9. The summed E-state index contributed by atoms with van der Waals surface area (Å²) in [5.74, 6) is 0.766. The lowest BCUT2D eigenvalue weighted by Gasteiger charge is -2.08. The van der Waals surface area contributed by atoms with Gasteiger partial charge in [0.15, 0.2) is 0 Å². The van der Waals surface area contributed by atoms with E-state index in [1.54, 1.807) is 24.0 Å². The fourth-order valence-corrected chi connectivity index (χ4v) is 3.80. The van der Waals surface area contributed by atoms with Crippen LogP contribution in [0.25, 0.3) is 33.3 Å². The summed E-state index contributed by atoms with van der Waals surface area (Å²) in [5, 5.41) is 15.7. The molecule has 3 aromatic heterocycles. The van der Waals surface area contributed by atoms with Gasteiger partial charge in [-0.2, -0.15) is 5.10 Å². The van der Waals surface area contributed by atoms with E-state index >= 15 is 0 Å². The first-order chi connectivity index (χ1) is 16.2. The number of benzene rings is 2. The molecule has 33 heavy (non-hydrogen) atoms. The van der Waals surface area contributed by atoms with E-state index in [1.165, 1.54) is 0 Å². The number of fused-ring (bicyclic) bond motifs is 1. The van der Waals surface area contributed by atoms with E-state index in [2.05, 4.69) is 22.1 Å². The average Bonchev–Trinajstić information content (AvgIpc) is 3.26. The van der Waals surface area contributed by atoms with E-state index in [1.807, 2.05) is 66.9 Å². The van der Waals surface area contributed by atoms with E-state index in [9.17, 15) is 5.11 Å². The number of hydrogen-bond donors (Lipinski definition) is 1. The molecule has 0 spiro atoms. The SMILES string of the molecule is CC(O)Cn1cc(-c2ccncc2)c(-c2ccc(OCc3ccc4ccccc4n3)cc2)n1. The van der Waals surface area contributed by atoms with Crippen LogP contribution >= 0.6 is 0 Å². The Morgan fingerprint density at radius 3 is 2.48 bits per heavy atom. The predicted molar refractivity (Wildman–Crippen MR) is 129 cm³/mol. The normalized spacial score (nSPS) is 12.1. The Hall–Kier alpha value is -4.03. The van der Waals surface area contributed by atoms with Crippen molar-refractivity contribution < 1.29 is 9.84 Å². The molecule has 6 nitrogen and oxygen atoms in total. The molecule has 0 amide bonds. The average molecular weight is 437 g/mol. The number of ether oxygens (including phenoxy) is 1. The second-order valence-electron chi connectivity index (χ2n) is 8.01. The molecule has 5 rings (SSSR count). The van der Waals surface area contributed by atoms with Crippen molar-refractivity contribution in [2.24, 2.45) is 0 Å². The Bertz CT molecular complexity index is 1360. The van der Waals surface area contributed by atoms with Gasteiger partial charge in [0.25, 0.3) is 0 Å². The summed E-state index contributed by atoms with van der Waals surface area (Å²) in [6.07, 6.45) is 5.02. The Morgan fingerprint density at radius 1 is 0.909 bits per heavy atom. The lowest BCUT2D eigenvalue weighted by molar-refractivity contribution is 0.168. The fraction of sp³-hybridized carbons (Fsp3) is 0.148. The van der Waals surface area contributed by atoms with Crippen LogP contribution in [0.15, 0.2) is 91.4 Å². The highest BCUT2D eigenvalue weighted by molar-refractivity contribution is 5.80. The summed E-state index contributed by atoms with van der Waals surface area (Å²) in [6.45, 7) is 2.58. The van der Waals surface area contributed by atoms with Gasteiger partial charge in [-0.3, -0.25) is 9.67 Å². The molecule has 0 radical (unpaired) electrons. The van der Waals surface area contributed by atoms with E-state index < -0.39 is 6.10 Å². The van der Waals surface area contributed by atoms with Crippen LogP contribution in [0, 0.1) is 0 Å². The van der Waals surface area contributed by atoms with E-state index in [0.717, 1.165) is 44.7 Å². The molecule has 164 valence electrons. The summed E-state index contributed by atoms with van der Waals surface area (Å²) in [6, 6.07) is 23.9. The largest absolute Gasteiger partial charge is 0.487 e. The summed E-state index contributed by atoms with van der Waals surface area (Å²) >= 11 is 0. The van der Waals surface area contributed by atoms with Crippen LogP contribution < -0.4 is 4.74 Å². The van der Waals surface area contributed by atoms with Crippen molar-refractivity contribution in [1.29, 1.82) is 0 Å². The minimum Gasteiger partial charge on any atom is -0.487 e. The molecule has 1 N–H and O–H groups in total. The Morgan fingerprint density at radius 2 is 1.70 bits per heavy atom. The minimum absolute atomic E-state index is 0.398. The second kappa shape index (κ2) is 9.22. The van der Waals surface area contributed by atoms with Crippen LogP contribution in [0.5, 0.6) is 5.75 Å². The highest BCUT2D eigenvalue weighted by Crippen LogP contribution is 2.32. The molecule has 0 bridgehead atoms. The number of aliphatic hydroxyl groups excluding tert-OH is 1. The molecule has 1 atom stereocenters. The number of aliphatic hydroxyl groups is 1. The van der Waals surface area contributed by atoms with Crippen molar-refractivity contribution in [3.63, 3.8) is 0 Å². The molecule has 0 fully saturated rings. The third-order valence-corrected chi connectivity index (χ3v) is 5.37. The van der Waals surface area contributed by atoms with Gasteiger partial charge in [0, 0.05) is 35.1 Å². The van der Waals surface area contributed by atoms with Crippen LogP contribution in [0.1, 0.15) is 12.6 Å². The number of pyridine rings is 2. The Labute approximate surface area is 192 Å². The van der Waals surface area contributed by atoms with Crippen LogP contribution in [0.2, 0.25) is 0 Å². The highest BCUT2D eigenvalue weighted by Gasteiger charge is 2.14. The number of aromatic nitrogens is 4. The minimum atomic E-state index is -0.484. The van der Waals surface area contributed by atoms with E-state index in [-0.39, 0.29) is 0 Å². The molecule has 1 unspecified atom stereocenters. The molecule has 5 aromatic rings. The quantitative estimate of drug-likeness (QED) is 0.383. The van der Waals surface area contributed by atoms with Crippen molar-refractivity contribution >= 4 is 10.9 Å². The third-order valence-electron chi connectivity index (χ3n) is 5.37. The standard InChI is InChI=1S/C27H24N4O2/c1-19(32)16-31-17-25(20-12-14-28-15-13-20)27(30-31)22-7-10-24(11-8-22)33-18-23-9-6-21-4-2-3-5-26(21)29-23/h2-15,17,19,32H,16,18H2,1H3. The number of hydrogen-bond acceptors (Lipinski definition) is 5. The molecular formula is C27H24N4O2. The topological polar surface area (TPSA) is 73.1 Å². The summed E-state index contributed by atoms with van der Waals surface area (Å²) in [7, 11) is 0. The summed E-state index contributed by atoms with van der Waals surface area (Å²) in [4.78, 5) is 8.78. The zero-order valence-corrected chi connectivity index (χ0v) is 18.3. The lowest BCUT2D eigenvalue weighted by atomic mass is 10.0. The summed E-state index contributed by atoms with van der Waals surface area (Å²) in [5.41, 5.74) is 5.69. The van der Waals surface area contributed by atoms with Crippen molar-refractivity contribution in [3.05, 3.63) is 97.1 Å². The van der Waals surface area contributed by atoms with Gasteiger partial charge in [-0.05, 0) is 61.0 Å². The molecular weight excluding hydrogens is 412 g/mol. The molecule has 0 aliphatic heterocycles. The van der Waals surface area contributed by atoms with Crippen molar-refractivity contribution in [3.8, 4) is 28.1 Å². The van der Waals surface area contributed by atoms with Crippen molar-refractivity contribution in [2.45, 2.75) is 26.2 Å². The van der Waals surface area contributed by atoms with Gasteiger partial charge in [0.2, 0.25) is 0 Å². The summed E-state index contributed by atoms with van der Waals surface area (Å²) < 4.78 is 7.76. The van der Waals surface area contributed by atoms with Crippen molar-refractivity contribution in [1.82, 2.24) is 19.7 Å². The zero-order chi connectivity index (χ0) is 22.6. The van der Waals surface area contributed by atoms with Gasteiger partial charge in [0.05, 0.1) is 23.9 Å². The van der Waals surface area contributed by atoms with E-state index in [4.69, 9.17) is 9.84 Å². The fourth-order valence-electron chi connectivity index (χ4n) is 3.80. The monoisotopic (exact) mass is 436 g/mol. The third kappa shape index (κ3) is 4.76. The van der Waals surface area contributed by atoms with Gasteiger partial charge in [-0.25, -0.2) is 4.98 Å². The number of rotatable bonds is 7. The smallest absolute Gasteiger partial charge is 0.130 e. The van der Waals surface area contributed by atoms with Gasteiger partial charge in [0.1, 0.15) is 18.1 Å². The first kappa shape index (κ1) is 20.8. The zero-order valence-electron chi connectivity index (χ0n) is 18.3. The lowest BCUT2D eigenvalue weighted by Crippen LogP contribution is -2.11. The molecule has 3 heterocycles. The van der Waals surface area contributed by atoms with Gasteiger partial charge < -0.3 is 9.84 Å². The van der Waals surface area contributed by atoms with Gasteiger partial charge in [-0.1, -0.05) is 24.3 Å². The molecule has 0 saturated heterocycles. The van der Waals surface area contributed by atoms with E-state index in [0.29, 0.717) is 13.2 Å². The predicted octanol–water partition coefficient (Wildman–Crippen LogP) is 5.12. The molecule has 6 heteroatoms. The van der Waals surface area contributed by atoms with Crippen LogP contribution in [0.3, 0.4) is 0 Å². The van der Waals surface area contributed by atoms with Gasteiger partial charge >= 0.3 is 0 Å². The van der Waals surface area contributed by atoms with Gasteiger partial charge in [-0.15, -0.1) is 0 Å².